The zero-order valence-electron chi connectivity index (χ0n) is 6.46. The van der Waals surface area contributed by atoms with E-state index < -0.39 is 0 Å². The van der Waals surface area contributed by atoms with Gasteiger partial charge in [-0.1, -0.05) is 6.92 Å². The summed E-state index contributed by atoms with van der Waals surface area (Å²) in [5.74, 6) is -0.00121. The Hall–Kier alpha value is -0.570. The number of esters is 1. The number of carbonyl (C=O) groups excluding carboxylic acids is 1. The van der Waals surface area contributed by atoms with Gasteiger partial charge in [0.05, 0.1) is 6.61 Å². The first-order valence-electron chi connectivity index (χ1n) is 3.41. The maximum absolute atomic E-state index is 10.3. The predicted molar refractivity (Wildman–Crippen MR) is 37.5 cm³/mol. The molecule has 0 aromatic heterocycles. The molecule has 0 saturated carbocycles. The van der Waals surface area contributed by atoms with E-state index in [4.69, 9.17) is 9.84 Å². The lowest BCUT2D eigenvalue weighted by Gasteiger charge is -2.08. The summed E-state index contributed by atoms with van der Waals surface area (Å²) in [7, 11) is 0. The quantitative estimate of drug-likeness (QED) is 0.590. The third-order valence-corrected chi connectivity index (χ3v) is 1.19. The zero-order valence-corrected chi connectivity index (χ0v) is 6.46. The van der Waals surface area contributed by atoms with E-state index in [0.29, 0.717) is 13.0 Å². The molecule has 1 unspecified atom stereocenters. The summed E-state index contributed by atoms with van der Waals surface area (Å²) in [4.78, 5) is 10.3. The molecule has 1 N–H and O–H groups in total. The van der Waals surface area contributed by atoms with Crippen molar-refractivity contribution < 1.29 is 14.6 Å². The summed E-state index contributed by atoms with van der Waals surface area (Å²) >= 11 is 0. The highest BCUT2D eigenvalue weighted by Crippen LogP contribution is 2.00. The third-order valence-electron chi connectivity index (χ3n) is 1.19. The van der Waals surface area contributed by atoms with Gasteiger partial charge in [0.15, 0.2) is 0 Å². The first-order valence-corrected chi connectivity index (χ1v) is 3.41. The largest absolute Gasteiger partial charge is 0.466 e. The van der Waals surface area contributed by atoms with Crippen molar-refractivity contribution in [1.29, 1.82) is 0 Å². The number of carbonyl (C=O) groups is 1. The molecule has 0 bridgehead atoms. The maximum atomic E-state index is 10.3. The molecule has 10 heavy (non-hydrogen) atoms. The van der Waals surface area contributed by atoms with Crippen molar-refractivity contribution in [3.05, 3.63) is 0 Å². The van der Waals surface area contributed by atoms with Crippen LogP contribution in [0.25, 0.3) is 0 Å². The molecule has 60 valence electrons. The molecule has 0 heterocycles. The highest BCUT2D eigenvalue weighted by Gasteiger charge is 2.01. The van der Waals surface area contributed by atoms with Crippen LogP contribution in [0.3, 0.4) is 0 Å². The molecule has 0 aromatic rings. The van der Waals surface area contributed by atoms with Gasteiger partial charge in [-0.05, 0) is 12.3 Å². The first kappa shape index (κ1) is 9.43. The summed E-state index contributed by atoms with van der Waals surface area (Å²) in [5.41, 5.74) is 0. The van der Waals surface area contributed by atoms with Crippen LogP contribution in [0.4, 0.5) is 0 Å². The molecule has 0 saturated heterocycles. The highest BCUT2D eigenvalue weighted by molar-refractivity contribution is 5.65. The average Bonchev–Trinajstić information content (AvgIpc) is 1.85. The van der Waals surface area contributed by atoms with E-state index in [9.17, 15) is 4.79 Å². The van der Waals surface area contributed by atoms with E-state index >= 15 is 0 Å². The Morgan fingerprint density at radius 2 is 2.30 bits per heavy atom. The second-order valence-electron chi connectivity index (χ2n) is 2.42. The molecule has 0 aliphatic heterocycles. The smallest absolute Gasteiger partial charge is 0.302 e. The van der Waals surface area contributed by atoms with Gasteiger partial charge in [0.1, 0.15) is 0 Å². The van der Waals surface area contributed by atoms with Gasteiger partial charge in [0, 0.05) is 13.5 Å². The minimum Gasteiger partial charge on any atom is -0.466 e. The van der Waals surface area contributed by atoms with Gasteiger partial charge in [0.2, 0.25) is 0 Å². The number of aliphatic hydroxyl groups is 1. The van der Waals surface area contributed by atoms with Gasteiger partial charge in [0.25, 0.3) is 0 Å². The number of hydrogen-bond acceptors (Lipinski definition) is 3. The standard InChI is InChI=1S/C7H14O3/c1-6(3-4-8)5-10-7(2)9/h6,8H,3-5H2,1-2H3. The lowest BCUT2D eigenvalue weighted by atomic mass is 10.1. The molecule has 3 nitrogen and oxygen atoms in total. The van der Waals surface area contributed by atoms with E-state index in [1.54, 1.807) is 0 Å². The average molecular weight is 146 g/mol. The zero-order chi connectivity index (χ0) is 7.98. The van der Waals surface area contributed by atoms with Crippen LogP contribution in [-0.2, 0) is 9.53 Å². The molecule has 3 heteroatoms. The van der Waals surface area contributed by atoms with E-state index in [1.165, 1.54) is 6.92 Å². The van der Waals surface area contributed by atoms with E-state index in [0.717, 1.165) is 0 Å². The Labute approximate surface area is 61.0 Å². The van der Waals surface area contributed by atoms with Crippen molar-refractivity contribution in [2.24, 2.45) is 5.92 Å². The highest BCUT2D eigenvalue weighted by atomic mass is 16.5. The summed E-state index contributed by atoms with van der Waals surface area (Å²) in [5, 5.41) is 8.46. The van der Waals surface area contributed by atoms with Gasteiger partial charge in [-0.3, -0.25) is 4.79 Å². The maximum Gasteiger partial charge on any atom is 0.302 e. The Kier molecular flexibility index (Phi) is 4.94. The second kappa shape index (κ2) is 5.23. The molecule has 0 radical (unpaired) electrons. The SMILES string of the molecule is CC(=O)OCC(C)CCO. The van der Waals surface area contributed by atoms with Gasteiger partial charge in [-0.15, -0.1) is 0 Å². The summed E-state index contributed by atoms with van der Waals surface area (Å²) < 4.78 is 4.71. The monoisotopic (exact) mass is 146 g/mol. The Bertz CT molecular complexity index is 101. The number of ether oxygens (including phenoxy) is 1. The third kappa shape index (κ3) is 5.56. The number of aliphatic hydroxyl groups excluding tert-OH is 1. The van der Waals surface area contributed by atoms with E-state index in [2.05, 4.69) is 0 Å². The lowest BCUT2D eigenvalue weighted by molar-refractivity contribution is -0.142. The fourth-order valence-corrected chi connectivity index (χ4v) is 0.563. The van der Waals surface area contributed by atoms with Crippen molar-refractivity contribution in [2.75, 3.05) is 13.2 Å². The van der Waals surface area contributed by atoms with Crippen LogP contribution >= 0.6 is 0 Å². The van der Waals surface area contributed by atoms with Crippen molar-refractivity contribution in [3.8, 4) is 0 Å². The molecule has 0 rings (SSSR count). The van der Waals surface area contributed by atoms with Gasteiger partial charge in [-0.2, -0.15) is 0 Å². The van der Waals surface area contributed by atoms with Gasteiger partial charge in [-0.25, -0.2) is 0 Å². The Morgan fingerprint density at radius 1 is 1.70 bits per heavy atom. The number of rotatable bonds is 4. The van der Waals surface area contributed by atoms with Crippen molar-refractivity contribution >= 4 is 5.97 Å². The van der Waals surface area contributed by atoms with Crippen LogP contribution in [-0.4, -0.2) is 24.3 Å². The predicted octanol–water partition coefficient (Wildman–Crippen LogP) is 0.568. The minimum atomic E-state index is -0.259. The van der Waals surface area contributed by atoms with Crippen molar-refractivity contribution in [3.63, 3.8) is 0 Å². The van der Waals surface area contributed by atoms with Crippen LogP contribution in [0.2, 0.25) is 0 Å². The van der Waals surface area contributed by atoms with Crippen molar-refractivity contribution in [1.82, 2.24) is 0 Å². The fourth-order valence-electron chi connectivity index (χ4n) is 0.563. The molecular weight excluding hydrogens is 132 g/mol. The summed E-state index contributed by atoms with van der Waals surface area (Å²) in [6.07, 6.45) is 0.688. The molecule has 0 aliphatic carbocycles. The topological polar surface area (TPSA) is 46.5 Å². The normalized spacial score (nSPS) is 12.7. The number of hydrogen-bond donors (Lipinski definition) is 1. The molecular formula is C7H14O3. The Balaban J connectivity index is 3.21. The van der Waals surface area contributed by atoms with Crippen LogP contribution in [0.15, 0.2) is 0 Å². The van der Waals surface area contributed by atoms with Crippen LogP contribution in [0.5, 0.6) is 0 Å². The van der Waals surface area contributed by atoms with Crippen LogP contribution < -0.4 is 0 Å². The van der Waals surface area contributed by atoms with Gasteiger partial charge < -0.3 is 9.84 Å². The molecule has 0 amide bonds. The van der Waals surface area contributed by atoms with Crippen molar-refractivity contribution in [2.45, 2.75) is 20.3 Å². The molecule has 0 aromatic carbocycles. The van der Waals surface area contributed by atoms with Gasteiger partial charge >= 0.3 is 5.97 Å². The summed E-state index contributed by atoms with van der Waals surface area (Å²) in [6.45, 7) is 3.88. The Morgan fingerprint density at radius 3 is 2.70 bits per heavy atom. The molecule has 0 fully saturated rings. The van der Waals surface area contributed by atoms with E-state index in [-0.39, 0.29) is 18.5 Å². The lowest BCUT2D eigenvalue weighted by Crippen LogP contribution is -2.10. The minimum absolute atomic E-state index is 0.155. The second-order valence-corrected chi connectivity index (χ2v) is 2.42. The van der Waals surface area contributed by atoms with Crippen LogP contribution in [0.1, 0.15) is 20.3 Å². The molecule has 0 aliphatic rings. The summed E-state index contributed by atoms with van der Waals surface area (Å²) in [6, 6.07) is 0. The van der Waals surface area contributed by atoms with E-state index in [1.807, 2.05) is 6.92 Å². The first-order chi connectivity index (χ1) is 4.66. The molecule has 0 spiro atoms. The molecule has 1 atom stereocenters. The fraction of sp³-hybridized carbons (Fsp3) is 0.857. The van der Waals surface area contributed by atoms with Crippen LogP contribution in [0, 0.1) is 5.92 Å².